The van der Waals surface area contributed by atoms with E-state index in [-0.39, 0.29) is 5.41 Å². The lowest BCUT2D eigenvalue weighted by Crippen LogP contribution is -2.07. The Balaban J connectivity index is 2.21. The third kappa shape index (κ3) is 4.63. The highest BCUT2D eigenvalue weighted by Crippen LogP contribution is 2.25. The highest BCUT2D eigenvalue weighted by Gasteiger charge is 2.15. The van der Waals surface area contributed by atoms with E-state index in [4.69, 9.17) is 5.26 Å². The van der Waals surface area contributed by atoms with Gasteiger partial charge in [0.2, 0.25) is 0 Å². The van der Waals surface area contributed by atoms with Crippen molar-refractivity contribution in [2.75, 3.05) is 5.75 Å². The lowest BCUT2D eigenvalue weighted by molar-refractivity contribution is 0.448. The summed E-state index contributed by atoms with van der Waals surface area (Å²) in [6, 6.07) is 2.31. The lowest BCUT2D eigenvalue weighted by Gasteiger charge is -2.13. The molecule has 1 rings (SSSR count). The monoisotopic (exact) mass is 241 g/mol. The van der Waals surface area contributed by atoms with Gasteiger partial charge in [-0.1, -0.05) is 11.8 Å². The Hall–Kier alpha value is -0.600. The zero-order chi connectivity index (χ0) is 11.3. The first-order valence-corrected chi connectivity index (χ1v) is 6.64. The standard InChI is InChI=1S/C10H15N3S2/c1-8-12-9(15-13-8)14-6-4-5-10(2,3)7-11/h4-6H2,1-3H3. The van der Waals surface area contributed by atoms with E-state index >= 15 is 0 Å². The maximum atomic E-state index is 8.84. The molecule has 0 unspecified atom stereocenters. The average Bonchev–Trinajstić information content (AvgIpc) is 2.59. The van der Waals surface area contributed by atoms with Crippen molar-refractivity contribution in [2.24, 2.45) is 5.41 Å². The maximum absolute atomic E-state index is 8.84. The Morgan fingerprint density at radius 2 is 2.27 bits per heavy atom. The summed E-state index contributed by atoms with van der Waals surface area (Å²) in [6.45, 7) is 5.86. The van der Waals surface area contributed by atoms with Gasteiger partial charge in [-0.15, -0.1) is 0 Å². The summed E-state index contributed by atoms with van der Waals surface area (Å²) in [7, 11) is 0. The molecule has 15 heavy (non-hydrogen) atoms. The molecular weight excluding hydrogens is 226 g/mol. The van der Waals surface area contributed by atoms with Crippen LogP contribution >= 0.6 is 23.3 Å². The normalized spacial score (nSPS) is 11.3. The second-order valence-corrected chi connectivity index (χ2v) is 6.15. The van der Waals surface area contributed by atoms with Crippen LogP contribution in [0.2, 0.25) is 0 Å². The smallest absolute Gasteiger partial charge is 0.170 e. The van der Waals surface area contributed by atoms with Crippen molar-refractivity contribution < 1.29 is 0 Å². The minimum absolute atomic E-state index is 0.197. The molecule has 0 radical (unpaired) electrons. The Morgan fingerprint density at radius 3 is 2.80 bits per heavy atom. The molecule has 82 valence electrons. The summed E-state index contributed by atoms with van der Waals surface area (Å²) in [6.07, 6.45) is 1.98. The molecule has 0 saturated heterocycles. The van der Waals surface area contributed by atoms with Crippen molar-refractivity contribution in [3.05, 3.63) is 5.82 Å². The molecule has 0 N–H and O–H groups in total. The van der Waals surface area contributed by atoms with Gasteiger partial charge in [0.1, 0.15) is 5.82 Å². The highest BCUT2D eigenvalue weighted by atomic mass is 32.2. The molecule has 0 saturated carbocycles. The van der Waals surface area contributed by atoms with Crippen LogP contribution in [-0.2, 0) is 0 Å². The van der Waals surface area contributed by atoms with Gasteiger partial charge in [0.15, 0.2) is 4.34 Å². The van der Waals surface area contributed by atoms with Crippen LogP contribution < -0.4 is 0 Å². The van der Waals surface area contributed by atoms with E-state index in [9.17, 15) is 0 Å². The molecule has 0 spiro atoms. The van der Waals surface area contributed by atoms with Gasteiger partial charge in [-0.2, -0.15) is 9.64 Å². The van der Waals surface area contributed by atoms with Gasteiger partial charge in [-0.3, -0.25) is 0 Å². The van der Waals surface area contributed by atoms with Gasteiger partial charge in [0.25, 0.3) is 0 Å². The van der Waals surface area contributed by atoms with Crippen molar-refractivity contribution >= 4 is 23.3 Å². The van der Waals surface area contributed by atoms with E-state index in [0.717, 1.165) is 28.8 Å². The Labute approximate surface area is 99.1 Å². The fourth-order valence-corrected chi connectivity index (χ4v) is 2.72. The summed E-state index contributed by atoms with van der Waals surface area (Å²) in [5, 5.41) is 8.84. The molecule has 1 aromatic rings. The van der Waals surface area contributed by atoms with Crippen molar-refractivity contribution in [2.45, 2.75) is 38.0 Å². The van der Waals surface area contributed by atoms with E-state index in [1.165, 1.54) is 11.5 Å². The molecule has 0 aliphatic heterocycles. The third-order valence-electron chi connectivity index (χ3n) is 1.98. The first-order valence-electron chi connectivity index (χ1n) is 4.88. The topological polar surface area (TPSA) is 49.6 Å². The van der Waals surface area contributed by atoms with Gasteiger partial charge in [-0.25, -0.2) is 4.98 Å². The van der Waals surface area contributed by atoms with Crippen LogP contribution in [0.1, 0.15) is 32.5 Å². The van der Waals surface area contributed by atoms with Gasteiger partial charge < -0.3 is 0 Å². The third-order valence-corrected chi connectivity index (χ3v) is 3.99. The van der Waals surface area contributed by atoms with Crippen LogP contribution in [0.25, 0.3) is 0 Å². The number of hydrogen-bond donors (Lipinski definition) is 0. The molecular formula is C10H15N3S2. The molecule has 0 fully saturated rings. The Bertz CT molecular complexity index is 352. The van der Waals surface area contributed by atoms with Crippen LogP contribution in [0.5, 0.6) is 0 Å². The van der Waals surface area contributed by atoms with Crippen molar-refractivity contribution in [1.82, 2.24) is 9.36 Å². The molecule has 0 aliphatic rings. The molecule has 5 heteroatoms. The summed E-state index contributed by atoms with van der Waals surface area (Å²) >= 11 is 3.18. The fraction of sp³-hybridized carbons (Fsp3) is 0.700. The number of nitrogens with zero attached hydrogens (tertiary/aromatic N) is 3. The van der Waals surface area contributed by atoms with E-state index < -0.39 is 0 Å². The lowest BCUT2D eigenvalue weighted by atomic mass is 9.90. The van der Waals surface area contributed by atoms with Gasteiger partial charge in [0.05, 0.1) is 11.5 Å². The quantitative estimate of drug-likeness (QED) is 0.586. The molecule has 0 bridgehead atoms. The molecule has 3 nitrogen and oxygen atoms in total. The maximum Gasteiger partial charge on any atom is 0.170 e. The average molecular weight is 241 g/mol. The SMILES string of the molecule is Cc1nsc(SCCCC(C)(C)C#N)n1. The minimum atomic E-state index is -0.197. The molecule has 0 amide bonds. The zero-order valence-corrected chi connectivity index (χ0v) is 10.9. The number of thioether (sulfide) groups is 1. The second-order valence-electron chi connectivity index (χ2n) is 4.06. The largest absolute Gasteiger partial charge is 0.213 e. The van der Waals surface area contributed by atoms with Gasteiger partial charge in [-0.05, 0) is 45.1 Å². The highest BCUT2D eigenvalue weighted by molar-refractivity contribution is 8.00. The van der Waals surface area contributed by atoms with Crippen LogP contribution in [0.4, 0.5) is 0 Å². The van der Waals surface area contributed by atoms with Crippen molar-refractivity contribution in [3.63, 3.8) is 0 Å². The number of hydrogen-bond acceptors (Lipinski definition) is 5. The predicted molar refractivity (Wildman–Crippen MR) is 64.0 cm³/mol. The van der Waals surface area contributed by atoms with E-state index in [1.807, 2.05) is 20.8 Å². The minimum Gasteiger partial charge on any atom is -0.213 e. The first-order chi connectivity index (χ1) is 7.03. The summed E-state index contributed by atoms with van der Waals surface area (Å²) < 4.78 is 5.15. The van der Waals surface area contributed by atoms with Gasteiger partial charge >= 0.3 is 0 Å². The van der Waals surface area contributed by atoms with Gasteiger partial charge in [0, 0.05) is 5.75 Å². The van der Waals surface area contributed by atoms with Crippen molar-refractivity contribution in [1.29, 1.82) is 5.26 Å². The number of aryl methyl sites for hydroxylation is 1. The fourth-order valence-electron chi connectivity index (χ4n) is 1.07. The van der Waals surface area contributed by atoms with E-state index in [1.54, 1.807) is 11.8 Å². The molecule has 0 aliphatic carbocycles. The summed E-state index contributed by atoms with van der Waals surface area (Å²) in [4.78, 5) is 4.27. The summed E-state index contributed by atoms with van der Waals surface area (Å²) in [5.74, 6) is 1.86. The Morgan fingerprint density at radius 1 is 1.53 bits per heavy atom. The molecule has 1 heterocycles. The number of aromatic nitrogens is 2. The molecule has 0 aromatic carbocycles. The summed E-state index contributed by atoms with van der Waals surface area (Å²) in [5.41, 5.74) is -0.197. The second kappa shape index (κ2) is 5.47. The molecule has 1 aromatic heterocycles. The van der Waals surface area contributed by atoms with Crippen LogP contribution in [-0.4, -0.2) is 15.1 Å². The molecule has 0 atom stereocenters. The number of rotatable bonds is 5. The zero-order valence-electron chi connectivity index (χ0n) is 9.28. The number of nitriles is 1. The van der Waals surface area contributed by atoms with Crippen LogP contribution in [0.15, 0.2) is 4.34 Å². The predicted octanol–water partition coefficient (Wildman–Crippen LogP) is 3.27. The van der Waals surface area contributed by atoms with E-state index in [0.29, 0.717) is 0 Å². The van der Waals surface area contributed by atoms with Crippen LogP contribution in [0.3, 0.4) is 0 Å². The first kappa shape index (κ1) is 12.5. The van der Waals surface area contributed by atoms with Crippen molar-refractivity contribution in [3.8, 4) is 6.07 Å². The Kier molecular flexibility index (Phi) is 4.55. The van der Waals surface area contributed by atoms with E-state index in [2.05, 4.69) is 15.4 Å². The van der Waals surface area contributed by atoms with Crippen LogP contribution in [0, 0.1) is 23.7 Å².